The smallest absolute Gasteiger partial charge is 0.290 e. The number of ether oxygens (including phenoxy) is 1. The van der Waals surface area contributed by atoms with E-state index in [1.165, 1.54) is 42.1 Å². The van der Waals surface area contributed by atoms with Gasteiger partial charge in [0, 0.05) is 47.3 Å². The number of hydrogen-bond donors (Lipinski definition) is 1. The van der Waals surface area contributed by atoms with E-state index in [1.807, 2.05) is 6.07 Å². The Balaban J connectivity index is 1.42. The Bertz CT molecular complexity index is 1930. The van der Waals surface area contributed by atoms with Crippen LogP contribution in [0, 0.1) is 37.3 Å². The molecule has 0 bridgehead atoms. The highest BCUT2D eigenvalue weighted by Gasteiger charge is 2.23. The first-order chi connectivity index (χ1) is 20.5. The number of nitro groups is 3. The van der Waals surface area contributed by atoms with Crippen LogP contribution in [0.15, 0.2) is 81.9 Å². The Labute approximate surface area is 250 Å². The van der Waals surface area contributed by atoms with Crippen molar-refractivity contribution in [2.45, 2.75) is 27.9 Å². The molecule has 0 radical (unpaired) electrons. The van der Waals surface area contributed by atoms with Crippen molar-refractivity contribution in [3.8, 4) is 17.2 Å². The number of aromatic nitrogens is 3. The molecule has 218 valence electrons. The van der Waals surface area contributed by atoms with Gasteiger partial charge in [0.2, 0.25) is 0 Å². The second kappa shape index (κ2) is 11.9. The summed E-state index contributed by atoms with van der Waals surface area (Å²) in [5.74, 6) is 1.16. The molecule has 4 aromatic carbocycles. The molecular formula is C27H20N6O8S2. The molecule has 0 aliphatic heterocycles. The highest BCUT2D eigenvalue weighted by atomic mass is 32.2. The number of phenols is 1. The van der Waals surface area contributed by atoms with Gasteiger partial charge in [0.1, 0.15) is 17.2 Å². The summed E-state index contributed by atoms with van der Waals surface area (Å²) in [6.45, 7) is 1.75. The summed E-state index contributed by atoms with van der Waals surface area (Å²) in [4.78, 5) is 32.3. The number of benzene rings is 4. The number of thioether (sulfide) groups is 1. The first kappa shape index (κ1) is 29.3. The summed E-state index contributed by atoms with van der Waals surface area (Å²) >= 11 is 2.14. The maximum atomic E-state index is 11.5. The lowest BCUT2D eigenvalue weighted by Gasteiger charge is -2.15. The molecule has 0 spiro atoms. The van der Waals surface area contributed by atoms with Gasteiger partial charge in [0.25, 0.3) is 17.1 Å². The zero-order valence-corrected chi connectivity index (χ0v) is 24.0. The summed E-state index contributed by atoms with van der Waals surface area (Å²) in [6, 6.07) is 16.5. The molecule has 5 aromatic rings. The predicted molar refractivity (Wildman–Crippen MR) is 158 cm³/mol. The van der Waals surface area contributed by atoms with Gasteiger partial charge in [-0.1, -0.05) is 36.0 Å². The van der Waals surface area contributed by atoms with Crippen LogP contribution in [0.1, 0.15) is 11.1 Å². The Kier molecular flexibility index (Phi) is 8.13. The van der Waals surface area contributed by atoms with E-state index in [-0.39, 0.29) is 22.1 Å². The molecule has 0 fully saturated rings. The molecule has 0 unspecified atom stereocenters. The van der Waals surface area contributed by atoms with E-state index >= 15 is 0 Å². The number of nitro benzene ring substituents is 3. The van der Waals surface area contributed by atoms with E-state index in [0.29, 0.717) is 43.7 Å². The molecule has 0 saturated carbocycles. The van der Waals surface area contributed by atoms with Crippen molar-refractivity contribution in [2.75, 3.05) is 0 Å². The standard InChI is InChI=1S/C27H20N6O8S2/c1-15-11-23(19-5-3-4-6-20(19)25(15)34)41-22-9-7-17(31(35)36)12-16(22)14-42-26-28-29-27(30(26)2)43-24-10-8-18(32(37)38)13-21(24)33(39)40/h3-13,34H,14H2,1-2H3. The van der Waals surface area contributed by atoms with Crippen LogP contribution in [-0.4, -0.2) is 34.6 Å². The average molecular weight is 621 g/mol. The topological polar surface area (TPSA) is 190 Å². The number of rotatable bonds is 10. The van der Waals surface area contributed by atoms with Gasteiger partial charge in [-0.15, -0.1) is 10.2 Å². The summed E-state index contributed by atoms with van der Waals surface area (Å²) in [5.41, 5.74) is 0.123. The zero-order valence-electron chi connectivity index (χ0n) is 22.4. The third kappa shape index (κ3) is 6.05. The Morgan fingerprint density at radius 1 is 0.837 bits per heavy atom. The molecular weight excluding hydrogens is 600 g/mol. The van der Waals surface area contributed by atoms with Gasteiger partial charge in [-0.05, 0) is 42.4 Å². The third-order valence-corrected chi connectivity index (χ3v) is 8.52. The Hall–Kier alpha value is -5.22. The molecule has 1 N–H and O–H groups in total. The van der Waals surface area contributed by atoms with Crippen LogP contribution < -0.4 is 4.74 Å². The van der Waals surface area contributed by atoms with Gasteiger partial charge in [-0.25, -0.2) is 0 Å². The number of aromatic hydroxyl groups is 1. The maximum absolute atomic E-state index is 11.5. The number of non-ortho nitro benzene ring substituents is 2. The van der Waals surface area contributed by atoms with Crippen molar-refractivity contribution in [3.05, 3.63) is 108 Å². The number of hydrogen-bond acceptors (Lipinski definition) is 12. The molecule has 5 rings (SSSR count). The summed E-state index contributed by atoms with van der Waals surface area (Å²) in [7, 11) is 1.65. The summed E-state index contributed by atoms with van der Waals surface area (Å²) in [5, 5.41) is 54.9. The number of nitrogens with zero attached hydrogens (tertiary/aromatic N) is 6. The van der Waals surface area contributed by atoms with Crippen LogP contribution in [0.5, 0.6) is 17.2 Å². The van der Waals surface area contributed by atoms with Gasteiger partial charge in [0.15, 0.2) is 10.3 Å². The average Bonchev–Trinajstić information content (AvgIpc) is 3.33. The van der Waals surface area contributed by atoms with E-state index in [4.69, 9.17) is 4.74 Å². The molecule has 1 aromatic heterocycles. The second-order valence-corrected chi connectivity index (χ2v) is 11.1. The fourth-order valence-electron chi connectivity index (χ4n) is 4.16. The minimum Gasteiger partial charge on any atom is -0.507 e. The van der Waals surface area contributed by atoms with Crippen LogP contribution in [0.3, 0.4) is 0 Å². The predicted octanol–water partition coefficient (Wildman–Crippen LogP) is 6.94. The molecule has 0 amide bonds. The lowest BCUT2D eigenvalue weighted by molar-refractivity contribution is -0.396. The van der Waals surface area contributed by atoms with Gasteiger partial charge >= 0.3 is 0 Å². The van der Waals surface area contributed by atoms with E-state index < -0.39 is 26.1 Å². The van der Waals surface area contributed by atoms with Crippen molar-refractivity contribution in [3.63, 3.8) is 0 Å². The monoisotopic (exact) mass is 620 g/mol. The molecule has 14 nitrogen and oxygen atoms in total. The molecule has 0 aliphatic rings. The normalized spacial score (nSPS) is 11.0. The third-order valence-electron chi connectivity index (χ3n) is 6.35. The highest BCUT2D eigenvalue weighted by Crippen LogP contribution is 2.41. The number of fused-ring (bicyclic) bond motifs is 1. The first-order valence-corrected chi connectivity index (χ1v) is 14.1. The van der Waals surface area contributed by atoms with E-state index in [2.05, 4.69) is 10.2 Å². The van der Waals surface area contributed by atoms with Crippen molar-refractivity contribution in [2.24, 2.45) is 7.05 Å². The van der Waals surface area contributed by atoms with Crippen LogP contribution >= 0.6 is 23.5 Å². The van der Waals surface area contributed by atoms with Gasteiger partial charge in [0.05, 0.1) is 25.7 Å². The molecule has 0 aliphatic carbocycles. The SMILES string of the molecule is Cc1cc(Oc2ccc([N+](=O)[O-])cc2CSc2nnc(Sc3ccc([N+](=O)[O-])cc3[N+](=O)[O-])n2C)c2ccccc2c1O. The minimum absolute atomic E-state index is 0.130. The largest absolute Gasteiger partial charge is 0.507 e. The number of phenolic OH excluding ortho intramolecular Hbond substituents is 1. The zero-order chi connectivity index (χ0) is 30.8. The molecule has 16 heteroatoms. The highest BCUT2D eigenvalue weighted by molar-refractivity contribution is 7.99. The van der Waals surface area contributed by atoms with Gasteiger partial charge in [-0.3, -0.25) is 34.9 Å². The van der Waals surface area contributed by atoms with Crippen LogP contribution in [0.2, 0.25) is 0 Å². The second-order valence-electron chi connectivity index (χ2n) is 9.12. The fourth-order valence-corrected chi connectivity index (χ4v) is 5.98. The van der Waals surface area contributed by atoms with Gasteiger partial charge < -0.3 is 9.84 Å². The van der Waals surface area contributed by atoms with Crippen molar-refractivity contribution >= 4 is 51.4 Å². The number of aryl methyl sites for hydroxylation is 1. The maximum Gasteiger partial charge on any atom is 0.290 e. The Morgan fingerprint density at radius 2 is 1.49 bits per heavy atom. The van der Waals surface area contributed by atoms with Crippen LogP contribution in [-0.2, 0) is 12.8 Å². The lowest BCUT2D eigenvalue weighted by Crippen LogP contribution is -1.98. The fraction of sp³-hybridized carbons (Fsp3) is 0.111. The Morgan fingerprint density at radius 3 is 2.19 bits per heavy atom. The quantitative estimate of drug-likeness (QED) is 0.0962. The van der Waals surface area contributed by atoms with Crippen LogP contribution in [0.4, 0.5) is 17.1 Å². The van der Waals surface area contributed by atoms with Crippen molar-refractivity contribution < 1.29 is 24.6 Å². The van der Waals surface area contributed by atoms with Crippen molar-refractivity contribution in [1.29, 1.82) is 0 Å². The summed E-state index contributed by atoms with van der Waals surface area (Å²) < 4.78 is 7.84. The molecule has 1 heterocycles. The van der Waals surface area contributed by atoms with Crippen LogP contribution in [0.25, 0.3) is 10.8 Å². The summed E-state index contributed by atoms with van der Waals surface area (Å²) in [6.07, 6.45) is 0. The first-order valence-electron chi connectivity index (χ1n) is 12.3. The van der Waals surface area contributed by atoms with E-state index in [0.717, 1.165) is 17.8 Å². The molecule has 43 heavy (non-hydrogen) atoms. The van der Waals surface area contributed by atoms with Gasteiger partial charge in [-0.2, -0.15) is 0 Å². The minimum atomic E-state index is -0.713. The van der Waals surface area contributed by atoms with E-state index in [9.17, 15) is 35.4 Å². The van der Waals surface area contributed by atoms with E-state index in [1.54, 1.807) is 42.8 Å². The molecule has 0 atom stereocenters. The lowest BCUT2D eigenvalue weighted by atomic mass is 10.0. The van der Waals surface area contributed by atoms with Crippen molar-refractivity contribution in [1.82, 2.24) is 14.8 Å². The molecule has 0 saturated heterocycles.